The second kappa shape index (κ2) is 4.40. The van der Waals surface area contributed by atoms with Crippen LogP contribution in [-0.4, -0.2) is 23.7 Å². The molecule has 1 heterocycles. The molecule has 0 fully saturated rings. The van der Waals surface area contributed by atoms with E-state index in [2.05, 4.69) is 4.98 Å². The summed E-state index contributed by atoms with van der Waals surface area (Å²) in [5, 5.41) is 0. The minimum absolute atomic E-state index is 0.134. The number of carbonyl (C=O) groups excluding carboxylic acids is 2. The number of carbonyl (C=O) groups is 2. The van der Waals surface area contributed by atoms with E-state index in [0.29, 0.717) is 34.6 Å². The van der Waals surface area contributed by atoms with E-state index < -0.39 is 0 Å². The number of ketones is 2. The van der Waals surface area contributed by atoms with Gasteiger partial charge in [0.15, 0.2) is 11.6 Å². The Morgan fingerprint density at radius 2 is 1.63 bits per heavy atom. The smallest absolute Gasteiger partial charge is 0.196 e. The van der Waals surface area contributed by atoms with Gasteiger partial charge in [0.1, 0.15) is 0 Å². The molecule has 1 aliphatic carbocycles. The largest absolute Gasteiger partial charge is 0.378 e. The summed E-state index contributed by atoms with van der Waals surface area (Å²) in [5.74, 6) is -0.286. The van der Waals surface area contributed by atoms with E-state index >= 15 is 0 Å². The van der Waals surface area contributed by atoms with E-state index in [1.54, 1.807) is 37.4 Å². The van der Waals surface area contributed by atoms with Gasteiger partial charge < -0.3 is 4.74 Å². The van der Waals surface area contributed by atoms with Gasteiger partial charge in [0.25, 0.3) is 0 Å². The van der Waals surface area contributed by atoms with Gasteiger partial charge in [-0.3, -0.25) is 14.6 Å². The van der Waals surface area contributed by atoms with Crippen molar-refractivity contribution in [3.8, 4) is 0 Å². The van der Waals surface area contributed by atoms with Crippen LogP contribution in [0.1, 0.15) is 37.5 Å². The van der Waals surface area contributed by atoms with Gasteiger partial charge in [-0.25, -0.2) is 0 Å². The monoisotopic (exact) mass is 253 g/mol. The van der Waals surface area contributed by atoms with Crippen LogP contribution >= 0.6 is 0 Å². The molecule has 2 aromatic rings. The predicted octanol–water partition coefficient (Wildman–Crippen LogP) is 2.00. The van der Waals surface area contributed by atoms with E-state index in [-0.39, 0.29) is 11.6 Å². The number of nitrogens with zero attached hydrogens (tertiary/aromatic N) is 1. The van der Waals surface area contributed by atoms with E-state index in [4.69, 9.17) is 4.74 Å². The Morgan fingerprint density at radius 1 is 1.00 bits per heavy atom. The third kappa shape index (κ3) is 1.77. The molecule has 0 bridgehead atoms. The minimum Gasteiger partial charge on any atom is -0.378 e. The molecule has 4 nitrogen and oxygen atoms in total. The maximum atomic E-state index is 12.4. The highest BCUT2D eigenvalue weighted by Gasteiger charge is 2.29. The minimum atomic E-state index is -0.151. The predicted molar refractivity (Wildman–Crippen MR) is 68.3 cm³/mol. The van der Waals surface area contributed by atoms with Gasteiger partial charge in [0.05, 0.1) is 17.9 Å². The first kappa shape index (κ1) is 11.7. The van der Waals surface area contributed by atoms with Crippen LogP contribution in [0.25, 0.3) is 0 Å². The molecule has 1 aromatic heterocycles. The SMILES string of the molecule is COCc1cc2c(cn1)C(=O)c1ccccc1C2=O. The van der Waals surface area contributed by atoms with Crippen LogP contribution in [0.3, 0.4) is 0 Å². The molecule has 0 spiro atoms. The summed E-state index contributed by atoms with van der Waals surface area (Å²) >= 11 is 0. The summed E-state index contributed by atoms with van der Waals surface area (Å²) < 4.78 is 4.99. The maximum absolute atomic E-state index is 12.4. The number of aromatic nitrogens is 1. The molecule has 0 saturated carbocycles. The quantitative estimate of drug-likeness (QED) is 0.701. The molecule has 0 N–H and O–H groups in total. The van der Waals surface area contributed by atoms with Crippen molar-refractivity contribution >= 4 is 11.6 Å². The van der Waals surface area contributed by atoms with E-state index in [9.17, 15) is 9.59 Å². The zero-order valence-corrected chi connectivity index (χ0v) is 10.3. The molecular weight excluding hydrogens is 242 g/mol. The Balaban J connectivity index is 2.18. The second-order valence-corrected chi connectivity index (χ2v) is 4.36. The van der Waals surface area contributed by atoms with Crippen molar-refractivity contribution in [3.05, 3.63) is 64.5 Å². The molecule has 19 heavy (non-hydrogen) atoms. The Bertz CT molecular complexity index is 692. The number of hydrogen-bond acceptors (Lipinski definition) is 4. The van der Waals surface area contributed by atoms with Crippen molar-refractivity contribution in [2.75, 3.05) is 7.11 Å². The molecule has 3 rings (SSSR count). The average molecular weight is 253 g/mol. The Hall–Kier alpha value is -2.33. The van der Waals surface area contributed by atoms with Crippen molar-refractivity contribution in [3.63, 3.8) is 0 Å². The molecule has 4 heteroatoms. The zero-order chi connectivity index (χ0) is 13.4. The number of rotatable bonds is 2. The highest BCUT2D eigenvalue weighted by molar-refractivity contribution is 6.28. The Morgan fingerprint density at radius 3 is 2.26 bits per heavy atom. The topological polar surface area (TPSA) is 56.3 Å². The van der Waals surface area contributed by atoms with Gasteiger partial charge >= 0.3 is 0 Å². The highest BCUT2D eigenvalue weighted by atomic mass is 16.5. The lowest BCUT2D eigenvalue weighted by Crippen LogP contribution is -2.21. The number of methoxy groups -OCH3 is 1. The first-order valence-electron chi connectivity index (χ1n) is 5.88. The molecule has 0 atom stereocenters. The Kier molecular flexibility index (Phi) is 2.72. The van der Waals surface area contributed by atoms with E-state index in [1.807, 2.05) is 0 Å². The summed E-state index contributed by atoms with van der Waals surface area (Å²) in [7, 11) is 1.56. The molecule has 0 aliphatic heterocycles. The van der Waals surface area contributed by atoms with E-state index in [0.717, 1.165) is 0 Å². The van der Waals surface area contributed by atoms with Gasteiger partial charge in [0, 0.05) is 30.0 Å². The van der Waals surface area contributed by atoms with Crippen LogP contribution in [0.4, 0.5) is 0 Å². The van der Waals surface area contributed by atoms with Crippen molar-refractivity contribution in [1.29, 1.82) is 0 Å². The highest BCUT2D eigenvalue weighted by Crippen LogP contribution is 2.27. The molecule has 0 unspecified atom stereocenters. The lowest BCUT2D eigenvalue weighted by atomic mass is 9.85. The van der Waals surface area contributed by atoms with Crippen molar-refractivity contribution < 1.29 is 14.3 Å². The lowest BCUT2D eigenvalue weighted by Gasteiger charge is -2.17. The van der Waals surface area contributed by atoms with Crippen LogP contribution in [0.5, 0.6) is 0 Å². The summed E-state index contributed by atoms with van der Waals surface area (Å²) in [6.07, 6.45) is 1.46. The molecule has 1 aliphatic rings. The fourth-order valence-corrected chi connectivity index (χ4v) is 2.26. The molecule has 0 amide bonds. The van der Waals surface area contributed by atoms with Crippen LogP contribution in [0.15, 0.2) is 36.5 Å². The fraction of sp³-hybridized carbons (Fsp3) is 0.133. The summed E-state index contributed by atoms with van der Waals surface area (Å²) in [6, 6.07) is 8.49. The molecule has 0 radical (unpaired) electrons. The summed E-state index contributed by atoms with van der Waals surface area (Å²) in [5.41, 5.74) is 2.31. The first-order valence-corrected chi connectivity index (χ1v) is 5.88. The summed E-state index contributed by atoms with van der Waals surface area (Å²) in [6.45, 7) is 0.316. The van der Waals surface area contributed by atoms with Crippen LogP contribution in [-0.2, 0) is 11.3 Å². The average Bonchev–Trinajstić information content (AvgIpc) is 2.45. The third-order valence-corrected chi connectivity index (χ3v) is 3.16. The normalized spacial score (nSPS) is 13.1. The second-order valence-electron chi connectivity index (χ2n) is 4.36. The number of hydrogen-bond donors (Lipinski definition) is 0. The molecular formula is C15H11NO3. The molecule has 0 saturated heterocycles. The van der Waals surface area contributed by atoms with Gasteiger partial charge in [-0.2, -0.15) is 0 Å². The third-order valence-electron chi connectivity index (χ3n) is 3.16. The molecule has 94 valence electrons. The number of pyridine rings is 1. The Labute approximate surface area is 110 Å². The van der Waals surface area contributed by atoms with Crippen LogP contribution in [0, 0.1) is 0 Å². The van der Waals surface area contributed by atoms with Gasteiger partial charge in [-0.1, -0.05) is 24.3 Å². The standard InChI is InChI=1S/C15H11NO3/c1-19-8-9-6-12-13(7-16-9)15(18)11-5-3-2-4-10(11)14(12)17/h2-7H,8H2,1H3. The van der Waals surface area contributed by atoms with Crippen LogP contribution < -0.4 is 0 Å². The zero-order valence-electron chi connectivity index (χ0n) is 10.3. The van der Waals surface area contributed by atoms with E-state index in [1.165, 1.54) is 6.20 Å². The van der Waals surface area contributed by atoms with Crippen molar-refractivity contribution in [2.45, 2.75) is 6.61 Å². The first-order chi connectivity index (χ1) is 9.22. The van der Waals surface area contributed by atoms with Crippen molar-refractivity contribution in [1.82, 2.24) is 4.98 Å². The van der Waals surface area contributed by atoms with Gasteiger partial charge in [-0.15, -0.1) is 0 Å². The van der Waals surface area contributed by atoms with Crippen LogP contribution in [0.2, 0.25) is 0 Å². The van der Waals surface area contributed by atoms with Gasteiger partial charge in [-0.05, 0) is 6.07 Å². The maximum Gasteiger partial charge on any atom is 0.196 e. The van der Waals surface area contributed by atoms with Gasteiger partial charge in [0.2, 0.25) is 0 Å². The number of ether oxygens (including phenoxy) is 1. The summed E-state index contributed by atoms with van der Waals surface area (Å²) in [4.78, 5) is 28.8. The number of benzene rings is 1. The lowest BCUT2D eigenvalue weighted by molar-refractivity contribution is 0.0978. The number of fused-ring (bicyclic) bond motifs is 2. The fourth-order valence-electron chi connectivity index (χ4n) is 2.26. The van der Waals surface area contributed by atoms with Crippen molar-refractivity contribution in [2.24, 2.45) is 0 Å². The molecule has 1 aromatic carbocycles.